The Morgan fingerprint density at radius 2 is 1.94 bits per heavy atom. The van der Waals surface area contributed by atoms with Crippen molar-refractivity contribution in [2.24, 2.45) is 11.5 Å². The largest absolute Gasteiger partial charge is 0.459 e. The van der Waals surface area contributed by atoms with Gasteiger partial charge in [0.15, 0.2) is 0 Å². The molecule has 0 spiro atoms. The molecule has 1 atom stereocenters. The van der Waals surface area contributed by atoms with Crippen molar-refractivity contribution < 1.29 is 4.42 Å². The van der Waals surface area contributed by atoms with E-state index in [1.54, 1.807) is 24.3 Å². The first kappa shape index (κ1) is 12.5. The van der Waals surface area contributed by atoms with Gasteiger partial charge in [0.25, 0.3) is 0 Å². The number of hydrogen-bond acceptors (Lipinski definition) is 3. The number of benzene rings is 1. The molecule has 0 aliphatic rings. The normalized spacial score (nSPS) is 12.7. The lowest BCUT2D eigenvalue weighted by Crippen LogP contribution is -2.19. The highest BCUT2D eigenvalue weighted by Crippen LogP contribution is 2.32. The minimum absolute atomic E-state index is 0.296. The zero-order valence-corrected chi connectivity index (χ0v) is 10.5. The van der Waals surface area contributed by atoms with Gasteiger partial charge in [-0.25, -0.2) is 0 Å². The van der Waals surface area contributed by atoms with E-state index in [-0.39, 0.29) is 6.04 Å². The predicted octanol–water partition coefficient (Wildman–Crippen LogP) is 3.21. The molecule has 0 aliphatic heterocycles. The zero-order chi connectivity index (χ0) is 12.4. The summed E-state index contributed by atoms with van der Waals surface area (Å²) in [4.78, 5) is 0. The maximum Gasteiger partial charge on any atom is 0.135 e. The van der Waals surface area contributed by atoms with Crippen molar-refractivity contribution in [3.8, 4) is 11.3 Å². The number of hydrogen-bond donors (Lipinski definition) is 2. The van der Waals surface area contributed by atoms with Crippen LogP contribution in [-0.4, -0.2) is 6.54 Å². The average molecular weight is 271 g/mol. The molecule has 2 rings (SSSR count). The van der Waals surface area contributed by atoms with E-state index in [9.17, 15) is 0 Å². The summed E-state index contributed by atoms with van der Waals surface area (Å²) in [6, 6.07) is 8.56. The fourth-order valence-electron chi connectivity index (χ4n) is 1.50. The standard InChI is InChI=1S/C12H12Cl2N2O/c13-7-1-2-8(9(14)5-7)11-3-4-12(17-11)10(16)6-15/h1-5,10H,6,15-16H2. The van der Waals surface area contributed by atoms with Crippen LogP contribution in [0.15, 0.2) is 34.7 Å². The highest BCUT2D eigenvalue weighted by molar-refractivity contribution is 6.36. The summed E-state index contributed by atoms with van der Waals surface area (Å²) in [5, 5.41) is 1.13. The molecule has 0 amide bonds. The molecule has 0 radical (unpaired) electrons. The molecule has 5 heteroatoms. The highest BCUT2D eigenvalue weighted by Gasteiger charge is 2.12. The molecule has 1 unspecified atom stereocenters. The summed E-state index contributed by atoms with van der Waals surface area (Å²) in [6.45, 7) is 0.335. The first-order chi connectivity index (χ1) is 8.11. The van der Waals surface area contributed by atoms with Gasteiger partial charge < -0.3 is 15.9 Å². The van der Waals surface area contributed by atoms with Crippen molar-refractivity contribution in [2.45, 2.75) is 6.04 Å². The Morgan fingerprint density at radius 3 is 2.59 bits per heavy atom. The van der Waals surface area contributed by atoms with Gasteiger partial charge in [-0.3, -0.25) is 0 Å². The van der Waals surface area contributed by atoms with Gasteiger partial charge in [0, 0.05) is 17.1 Å². The van der Waals surface area contributed by atoms with Crippen LogP contribution in [0.25, 0.3) is 11.3 Å². The lowest BCUT2D eigenvalue weighted by atomic mass is 10.2. The van der Waals surface area contributed by atoms with E-state index in [1.807, 2.05) is 6.07 Å². The SMILES string of the molecule is NCC(N)c1ccc(-c2ccc(Cl)cc2Cl)o1. The molecular formula is C12H12Cl2N2O. The van der Waals surface area contributed by atoms with Crippen LogP contribution >= 0.6 is 23.2 Å². The van der Waals surface area contributed by atoms with E-state index < -0.39 is 0 Å². The van der Waals surface area contributed by atoms with Crippen LogP contribution in [-0.2, 0) is 0 Å². The predicted molar refractivity (Wildman–Crippen MR) is 70.1 cm³/mol. The van der Waals surface area contributed by atoms with Gasteiger partial charge >= 0.3 is 0 Å². The van der Waals surface area contributed by atoms with Crippen LogP contribution in [0, 0.1) is 0 Å². The van der Waals surface area contributed by atoms with Crippen LogP contribution < -0.4 is 11.5 Å². The van der Waals surface area contributed by atoms with Gasteiger partial charge in [-0.2, -0.15) is 0 Å². The maximum atomic E-state index is 6.09. The van der Waals surface area contributed by atoms with Gasteiger partial charge in [0.1, 0.15) is 11.5 Å². The molecule has 1 heterocycles. The van der Waals surface area contributed by atoms with Crippen LogP contribution in [0.1, 0.15) is 11.8 Å². The van der Waals surface area contributed by atoms with E-state index >= 15 is 0 Å². The average Bonchev–Trinajstić information content (AvgIpc) is 2.77. The van der Waals surface area contributed by atoms with Crippen molar-refractivity contribution in [2.75, 3.05) is 6.54 Å². The van der Waals surface area contributed by atoms with Crippen molar-refractivity contribution in [3.63, 3.8) is 0 Å². The van der Waals surface area contributed by atoms with Gasteiger partial charge in [0.05, 0.1) is 11.1 Å². The summed E-state index contributed by atoms with van der Waals surface area (Å²) in [5.41, 5.74) is 12.0. The molecule has 1 aromatic heterocycles. The highest BCUT2D eigenvalue weighted by atomic mass is 35.5. The Morgan fingerprint density at radius 1 is 1.18 bits per heavy atom. The first-order valence-corrected chi connectivity index (χ1v) is 5.88. The van der Waals surface area contributed by atoms with Gasteiger partial charge in [-0.1, -0.05) is 23.2 Å². The van der Waals surface area contributed by atoms with Crippen LogP contribution in [0.4, 0.5) is 0 Å². The second-order valence-electron chi connectivity index (χ2n) is 3.67. The summed E-state index contributed by atoms with van der Waals surface area (Å²) in [7, 11) is 0. The minimum atomic E-state index is -0.296. The Labute approximate surface area is 109 Å². The summed E-state index contributed by atoms with van der Waals surface area (Å²) in [5.74, 6) is 1.30. The molecule has 0 fully saturated rings. The number of halogens is 2. The van der Waals surface area contributed by atoms with E-state index in [0.29, 0.717) is 28.1 Å². The van der Waals surface area contributed by atoms with Crippen molar-refractivity contribution in [3.05, 3.63) is 46.1 Å². The fourth-order valence-corrected chi connectivity index (χ4v) is 2.00. The molecule has 3 nitrogen and oxygen atoms in total. The van der Waals surface area contributed by atoms with Gasteiger partial charge in [-0.15, -0.1) is 0 Å². The van der Waals surface area contributed by atoms with E-state index in [2.05, 4.69) is 0 Å². The number of rotatable bonds is 3. The third-order valence-electron chi connectivity index (χ3n) is 2.44. The molecule has 17 heavy (non-hydrogen) atoms. The van der Waals surface area contributed by atoms with E-state index in [0.717, 1.165) is 5.56 Å². The molecule has 2 aromatic rings. The maximum absolute atomic E-state index is 6.09. The summed E-state index contributed by atoms with van der Waals surface area (Å²) >= 11 is 11.9. The smallest absolute Gasteiger partial charge is 0.135 e. The monoisotopic (exact) mass is 270 g/mol. The lowest BCUT2D eigenvalue weighted by Gasteiger charge is -2.05. The molecule has 1 aromatic carbocycles. The third kappa shape index (κ3) is 2.64. The summed E-state index contributed by atoms with van der Waals surface area (Å²) < 4.78 is 5.61. The summed E-state index contributed by atoms with van der Waals surface area (Å²) in [6.07, 6.45) is 0. The fraction of sp³-hybridized carbons (Fsp3) is 0.167. The van der Waals surface area contributed by atoms with E-state index in [1.165, 1.54) is 0 Å². The second kappa shape index (κ2) is 5.10. The molecule has 0 saturated carbocycles. The topological polar surface area (TPSA) is 65.2 Å². The van der Waals surface area contributed by atoms with Gasteiger partial charge in [-0.05, 0) is 30.3 Å². The van der Waals surface area contributed by atoms with Gasteiger partial charge in [0.2, 0.25) is 0 Å². The molecule has 90 valence electrons. The molecule has 0 saturated heterocycles. The second-order valence-corrected chi connectivity index (χ2v) is 4.51. The van der Waals surface area contributed by atoms with E-state index in [4.69, 9.17) is 39.1 Å². The van der Waals surface area contributed by atoms with Crippen LogP contribution in [0.3, 0.4) is 0 Å². The quantitative estimate of drug-likeness (QED) is 0.900. The van der Waals surface area contributed by atoms with Crippen LogP contribution in [0.5, 0.6) is 0 Å². The Kier molecular flexibility index (Phi) is 3.74. The zero-order valence-electron chi connectivity index (χ0n) is 8.99. The van der Waals surface area contributed by atoms with Crippen molar-refractivity contribution in [1.29, 1.82) is 0 Å². The van der Waals surface area contributed by atoms with Crippen molar-refractivity contribution >= 4 is 23.2 Å². The Balaban J connectivity index is 2.37. The first-order valence-electron chi connectivity index (χ1n) is 5.12. The molecule has 4 N–H and O–H groups in total. The Hall–Kier alpha value is -1.00. The Bertz CT molecular complexity index is 525. The molecule has 0 aliphatic carbocycles. The minimum Gasteiger partial charge on any atom is -0.459 e. The number of furan rings is 1. The molecular weight excluding hydrogens is 259 g/mol. The third-order valence-corrected chi connectivity index (χ3v) is 2.99. The molecule has 0 bridgehead atoms. The number of nitrogens with two attached hydrogens (primary N) is 2. The van der Waals surface area contributed by atoms with Crippen molar-refractivity contribution in [1.82, 2.24) is 0 Å². The van der Waals surface area contributed by atoms with Crippen LogP contribution in [0.2, 0.25) is 10.0 Å². The lowest BCUT2D eigenvalue weighted by molar-refractivity contribution is 0.480.